The van der Waals surface area contributed by atoms with E-state index in [-0.39, 0.29) is 0 Å². The summed E-state index contributed by atoms with van der Waals surface area (Å²) >= 11 is 0. The van der Waals surface area contributed by atoms with Gasteiger partial charge in [-0.15, -0.1) is 0 Å². The minimum absolute atomic E-state index is 0.411. The van der Waals surface area contributed by atoms with E-state index in [9.17, 15) is 8.78 Å². The Bertz CT molecular complexity index is 468. The van der Waals surface area contributed by atoms with Crippen LogP contribution in [0.2, 0.25) is 0 Å². The van der Waals surface area contributed by atoms with E-state index in [1.54, 1.807) is 24.5 Å². The van der Waals surface area contributed by atoms with Crippen LogP contribution in [0.15, 0.2) is 24.5 Å². The quantitative estimate of drug-likeness (QED) is 0.825. The van der Waals surface area contributed by atoms with Crippen molar-refractivity contribution >= 4 is 5.65 Å². The Morgan fingerprint density at radius 2 is 2.12 bits per heavy atom. The second-order valence-corrected chi connectivity index (χ2v) is 3.19. The van der Waals surface area contributed by atoms with Gasteiger partial charge in [-0.3, -0.25) is 0 Å². The summed E-state index contributed by atoms with van der Waals surface area (Å²) in [6.45, 7) is 5.33. The molecule has 0 amide bonds. The van der Waals surface area contributed by atoms with E-state index in [0.29, 0.717) is 11.4 Å². The molecule has 94 valence electrons. The summed E-state index contributed by atoms with van der Waals surface area (Å²) in [6.07, 6.45) is 1.01. The van der Waals surface area contributed by atoms with Gasteiger partial charge in [-0.1, -0.05) is 13.8 Å². The van der Waals surface area contributed by atoms with Gasteiger partial charge >= 0.3 is 0 Å². The summed E-state index contributed by atoms with van der Waals surface area (Å²) in [6, 6.07) is 3.28. The fraction of sp³-hybridized carbons (Fsp3) is 0.417. The Hall–Kier alpha value is -1.65. The van der Waals surface area contributed by atoms with E-state index in [2.05, 4.69) is 4.98 Å². The van der Waals surface area contributed by atoms with E-state index in [4.69, 9.17) is 4.74 Å². The number of imidazole rings is 1. The molecule has 0 aliphatic rings. The summed E-state index contributed by atoms with van der Waals surface area (Å²) in [5, 5.41) is 0. The van der Waals surface area contributed by atoms with Crippen LogP contribution in [0.25, 0.3) is 5.65 Å². The third kappa shape index (κ3) is 3.41. The highest BCUT2D eigenvalue weighted by atomic mass is 19.3. The molecular weight excluding hydrogens is 226 g/mol. The highest BCUT2D eigenvalue weighted by Gasteiger charge is 2.05. The molecule has 5 heteroatoms. The van der Waals surface area contributed by atoms with E-state index in [0.717, 1.165) is 5.69 Å². The predicted octanol–water partition coefficient (Wildman–Crippen LogP) is 3.31. The van der Waals surface area contributed by atoms with Crippen LogP contribution < -0.4 is 4.74 Å². The molecular formula is C12H16F2N2O. The summed E-state index contributed by atoms with van der Waals surface area (Å²) < 4.78 is 30.5. The van der Waals surface area contributed by atoms with Crippen LogP contribution in [-0.2, 0) is 0 Å². The third-order valence-corrected chi connectivity index (χ3v) is 2.05. The molecule has 0 N–H and O–H groups in total. The van der Waals surface area contributed by atoms with Gasteiger partial charge in [-0.25, -0.2) is 13.8 Å². The summed E-state index contributed by atoms with van der Waals surface area (Å²) in [4.78, 5) is 4.10. The number of hydrogen-bond donors (Lipinski definition) is 0. The molecule has 0 aromatic carbocycles. The van der Waals surface area contributed by atoms with Crippen molar-refractivity contribution in [3.8, 4) is 5.75 Å². The van der Waals surface area contributed by atoms with Crippen LogP contribution in [0.5, 0.6) is 5.75 Å². The molecule has 0 spiro atoms. The van der Waals surface area contributed by atoms with Crippen molar-refractivity contribution in [2.45, 2.75) is 27.2 Å². The molecule has 0 bridgehead atoms. The van der Waals surface area contributed by atoms with Crippen molar-refractivity contribution < 1.29 is 13.5 Å². The predicted molar refractivity (Wildman–Crippen MR) is 62.8 cm³/mol. The molecule has 0 fully saturated rings. The lowest BCUT2D eigenvalue weighted by Crippen LogP contribution is -2.07. The highest BCUT2D eigenvalue weighted by Crippen LogP contribution is 2.15. The number of pyridine rings is 1. The summed E-state index contributed by atoms with van der Waals surface area (Å²) in [5.41, 5.74) is 1.68. The Morgan fingerprint density at radius 1 is 1.41 bits per heavy atom. The van der Waals surface area contributed by atoms with Crippen LogP contribution in [0.4, 0.5) is 8.78 Å². The second-order valence-electron chi connectivity index (χ2n) is 3.19. The first kappa shape index (κ1) is 13.4. The fourth-order valence-corrected chi connectivity index (χ4v) is 1.34. The van der Waals surface area contributed by atoms with E-state index in [1.807, 2.05) is 25.2 Å². The van der Waals surface area contributed by atoms with Gasteiger partial charge in [0.05, 0.1) is 0 Å². The van der Waals surface area contributed by atoms with Crippen LogP contribution in [0, 0.1) is 6.92 Å². The zero-order valence-corrected chi connectivity index (χ0v) is 10.2. The number of aryl methyl sites for hydroxylation is 1. The molecule has 3 nitrogen and oxygen atoms in total. The number of aromatic nitrogens is 2. The normalized spacial score (nSPS) is 10.2. The maximum atomic E-state index is 11.9. The molecule has 17 heavy (non-hydrogen) atoms. The van der Waals surface area contributed by atoms with Crippen molar-refractivity contribution in [1.29, 1.82) is 0 Å². The number of fused-ring (bicyclic) bond motifs is 1. The van der Waals surface area contributed by atoms with Gasteiger partial charge in [0, 0.05) is 24.2 Å². The minimum atomic E-state index is -2.46. The first-order valence-electron chi connectivity index (χ1n) is 5.51. The monoisotopic (exact) mass is 242 g/mol. The van der Waals surface area contributed by atoms with Gasteiger partial charge in [0.2, 0.25) is 0 Å². The van der Waals surface area contributed by atoms with Crippen LogP contribution in [0.3, 0.4) is 0 Å². The number of nitrogens with zero attached hydrogens (tertiary/aromatic N) is 2. The number of ether oxygens (including phenoxy) is 1. The molecule has 0 aliphatic heterocycles. The molecule has 0 saturated heterocycles. The summed E-state index contributed by atoms with van der Waals surface area (Å²) in [7, 11) is 0. The third-order valence-electron chi connectivity index (χ3n) is 2.05. The van der Waals surface area contributed by atoms with Gasteiger partial charge in [0.25, 0.3) is 6.43 Å². The van der Waals surface area contributed by atoms with E-state index < -0.39 is 13.0 Å². The molecule has 0 aliphatic carbocycles. The Labute approximate surface area is 99.0 Å². The van der Waals surface area contributed by atoms with Gasteiger partial charge < -0.3 is 9.14 Å². The molecule has 0 atom stereocenters. The maximum Gasteiger partial charge on any atom is 0.272 e. The lowest BCUT2D eigenvalue weighted by atomic mass is 10.4. The lowest BCUT2D eigenvalue weighted by Gasteiger charge is -2.05. The SMILES string of the molecule is CC.Cc1cnc2cc(OCC(F)F)ccn12. The molecule has 2 aromatic heterocycles. The lowest BCUT2D eigenvalue weighted by molar-refractivity contribution is 0.0819. The van der Waals surface area contributed by atoms with Crippen molar-refractivity contribution in [3.63, 3.8) is 0 Å². The van der Waals surface area contributed by atoms with Crippen molar-refractivity contribution in [1.82, 2.24) is 9.38 Å². The van der Waals surface area contributed by atoms with Crippen molar-refractivity contribution in [2.24, 2.45) is 0 Å². The van der Waals surface area contributed by atoms with Crippen LogP contribution >= 0.6 is 0 Å². The molecule has 2 rings (SSSR count). The van der Waals surface area contributed by atoms with Gasteiger partial charge in [0.1, 0.15) is 18.0 Å². The van der Waals surface area contributed by atoms with Crippen molar-refractivity contribution in [3.05, 3.63) is 30.2 Å². The zero-order chi connectivity index (χ0) is 12.8. The topological polar surface area (TPSA) is 26.5 Å². The Balaban J connectivity index is 0.000000686. The zero-order valence-electron chi connectivity index (χ0n) is 10.2. The van der Waals surface area contributed by atoms with Crippen LogP contribution in [-0.4, -0.2) is 22.4 Å². The molecule has 0 unspecified atom stereocenters. The Kier molecular flexibility index (Phi) is 4.87. The molecule has 0 radical (unpaired) electrons. The van der Waals surface area contributed by atoms with Gasteiger partial charge in [-0.2, -0.15) is 0 Å². The highest BCUT2D eigenvalue weighted by molar-refractivity contribution is 5.45. The Morgan fingerprint density at radius 3 is 2.76 bits per heavy atom. The molecule has 0 saturated carbocycles. The summed E-state index contributed by atoms with van der Waals surface area (Å²) in [5.74, 6) is 0.411. The van der Waals surface area contributed by atoms with Gasteiger partial charge in [0.15, 0.2) is 0 Å². The van der Waals surface area contributed by atoms with E-state index in [1.165, 1.54) is 0 Å². The first-order chi connectivity index (χ1) is 8.16. The number of alkyl halides is 2. The first-order valence-corrected chi connectivity index (χ1v) is 5.51. The van der Waals surface area contributed by atoms with Crippen molar-refractivity contribution in [2.75, 3.05) is 6.61 Å². The number of rotatable bonds is 3. The largest absolute Gasteiger partial charge is 0.487 e. The number of hydrogen-bond acceptors (Lipinski definition) is 2. The average molecular weight is 242 g/mol. The second kappa shape index (κ2) is 6.18. The number of halogens is 2. The van der Waals surface area contributed by atoms with Crippen LogP contribution in [0.1, 0.15) is 19.5 Å². The fourth-order valence-electron chi connectivity index (χ4n) is 1.34. The minimum Gasteiger partial charge on any atom is -0.487 e. The molecule has 2 heterocycles. The maximum absolute atomic E-state index is 11.9. The van der Waals surface area contributed by atoms with E-state index >= 15 is 0 Å². The standard InChI is InChI=1S/C10H10F2N2O.C2H6/c1-7-5-13-10-4-8(2-3-14(7)10)15-6-9(11)12;1-2/h2-5,9H,6H2,1H3;1-2H3. The average Bonchev–Trinajstić information content (AvgIpc) is 2.71. The van der Waals surface area contributed by atoms with Gasteiger partial charge in [-0.05, 0) is 13.0 Å². The molecule has 2 aromatic rings. The smallest absolute Gasteiger partial charge is 0.272 e.